The van der Waals surface area contributed by atoms with Crippen LogP contribution in [0.15, 0.2) is 0 Å². The summed E-state index contributed by atoms with van der Waals surface area (Å²) in [5, 5.41) is 8.67. The number of hydrogen-bond donors (Lipinski definition) is 1. The number of carbonyl (C=O) groups is 2. The van der Waals surface area contributed by atoms with Crippen LogP contribution in [0.5, 0.6) is 0 Å². The van der Waals surface area contributed by atoms with Crippen molar-refractivity contribution in [3.05, 3.63) is 0 Å². The lowest BCUT2D eigenvalue weighted by Gasteiger charge is -2.12. The van der Waals surface area contributed by atoms with Gasteiger partial charge in [-0.3, -0.25) is 4.79 Å². The Morgan fingerprint density at radius 3 is 2.38 bits per heavy atom. The molecule has 0 aromatic heterocycles. The predicted molar refractivity (Wildman–Crippen MR) is 47.3 cm³/mol. The van der Waals surface area contributed by atoms with Crippen molar-refractivity contribution in [2.45, 2.75) is 45.6 Å². The molecule has 0 rings (SSSR count). The molecule has 0 aromatic carbocycles. The fourth-order valence-electron chi connectivity index (χ4n) is 0.864. The smallest absolute Gasteiger partial charge is 0.345 e. The van der Waals surface area contributed by atoms with Crippen LogP contribution in [0.2, 0.25) is 0 Å². The van der Waals surface area contributed by atoms with E-state index in [4.69, 9.17) is 9.84 Å². The average Bonchev–Trinajstić information content (AvgIpc) is 2.11. The Balaban J connectivity index is 3.94. The molecule has 1 atom stereocenters. The Labute approximate surface area is 77.9 Å². The number of hydrogen-bond acceptors (Lipinski definition) is 3. The highest BCUT2D eigenvalue weighted by atomic mass is 16.6. The van der Waals surface area contributed by atoms with Crippen LogP contribution in [0.4, 0.5) is 0 Å². The third kappa shape index (κ3) is 5.22. The van der Waals surface area contributed by atoms with Crippen LogP contribution in [-0.4, -0.2) is 23.1 Å². The Kier molecular flexibility index (Phi) is 5.93. The molecule has 4 heteroatoms. The molecule has 0 bridgehead atoms. The van der Waals surface area contributed by atoms with Crippen molar-refractivity contribution < 1.29 is 19.4 Å². The van der Waals surface area contributed by atoms with Crippen molar-refractivity contribution >= 4 is 11.9 Å². The average molecular weight is 188 g/mol. The third-order valence-electron chi connectivity index (χ3n) is 1.66. The number of aliphatic carboxylic acids is 1. The second-order valence-electron chi connectivity index (χ2n) is 2.81. The van der Waals surface area contributed by atoms with Gasteiger partial charge in [0.15, 0.2) is 6.10 Å². The Morgan fingerprint density at radius 1 is 1.38 bits per heavy atom. The number of unbranched alkanes of at least 4 members (excludes halogenated alkanes) is 1. The molecule has 0 saturated heterocycles. The van der Waals surface area contributed by atoms with E-state index in [2.05, 4.69) is 0 Å². The van der Waals surface area contributed by atoms with Crippen LogP contribution in [-0.2, 0) is 14.3 Å². The van der Waals surface area contributed by atoms with Gasteiger partial charge in [-0.05, 0) is 12.8 Å². The van der Waals surface area contributed by atoms with Crippen molar-refractivity contribution in [1.29, 1.82) is 0 Å². The third-order valence-corrected chi connectivity index (χ3v) is 1.66. The van der Waals surface area contributed by atoms with Crippen molar-refractivity contribution in [3.63, 3.8) is 0 Å². The molecule has 4 nitrogen and oxygen atoms in total. The Hall–Kier alpha value is -1.06. The van der Waals surface area contributed by atoms with Gasteiger partial charge in [-0.15, -0.1) is 0 Å². The number of carboxylic acids is 1. The van der Waals surface area contributed by atoms with E-state index in [9.17, 15) is 9.59 Å². The van der Waals surface area contributed by atoms with Gasteiger partial charge in [-0.2, -0.15) is 0 Å². The minimum absolute atomic E-state index is 0.218. The molecule has 1 unspecified atom stereocenters. The summed E-state index contributed by atoms with van der Waals surface area (Å²) >= 11 is 0. The van der Waals surface area contributed by atoms with Gasteiger partial charge < -0.3 is 9.84 Å². The van der Waals surface area contributed by atoms with Crippen LogP contribution in [0.1, 0.15) is 39.5 Å². The second-order valence-corrected chi connectivity index (χ2v) is 2.81. The molecule has 13 heavy (non-hydrogen) atoms. The molecule has 0 radical (unpaired) electrons. The molecule has 0 amide bonds. The fraction of sp³-hybridized carbons (Fsp3) is 0.778. The van der Waals surface area contributed by atoms with E-state index < -0.39 is 18.0 Å². The quantitative estimate of drug-likeness (QED) is 0.643. The van der Waals surface area contributed by atoms with E-state index in [1.807, 2.05) is 6.92 Å². The van der Waals surface area contributed by atoms with Gasteiger partial charge in [-0.1, -0.05) is 20.3 Å². The van der Waals surface area contributed by atoms with E-state index >= 15 is 0 Å². The first-order chi connectivity index (χ1) is 6.11. The van der Waals surface area contributed by atoms with Gasteiger partial charge in [0.1, 0.15) is 0 Å². The number of ether oxygens (including phenoxy) is 1. The lowest BCUT2D eigenvalue weighted by Crippen LogP contribution is -2.26. The van der Waals surface area contributed by atoms with Crippen molar-refractivity contribution in [2.24, 2.45) is 0 Å². The Morgan fingerprint density at radius 2 is 2.00 bits per heavy atom. The zero-order valence-corrected chi connectivity index (χ0v) is 8.08. The van der Waals surface area contributed by atoms with Crippen LogP contribution < -0.4 is 0 Å². The van der Waals surface area contributed by atoms with E-state index in [0.717, 1.165) is 12.8 Å². The SMILES string of the molecule is CCCCC(OC(=O)CC)C(=O)O. The highest BCUT2D eigenvalue weighted by Crippen LogP contribution is 2.06. The standard InChI is InChI=1S/C9H16O4/c1-3-5-6-7(9(11)12)13-8(10)4-2/h7H,3-6H2,1-2H3,(H,11,12). The molecule has 0 saturated carbocycles. The van der Waals surface area contributed by atoms with Gasteiger partial charge in [0, 0.05) is 6.42 Å². The molecule has 0 heterocycles. The van der Waals surface area contributed by atoms with Crippen molar-refractivity contribution in [1.82, 2.24) is 0 Å². The predicted octanol–water partition coefficient (Wildman–Crippen LogP) is 1.58. The summed E-state index contributed by atoms with van der Waals surface area (Å²) in [7, 11) is 0. The van der Waals surface area contributed by atoms with Crippen molar-refractivity contribution in [2.75, 3.05) is 0 Å². The topological polar surface area (TPSA) is 63.6 Å². The van der Waals surface area contributed by atoms with Crippen LogP contribution in [0, 0.1) is 0 Å². The highest BCUT2D eigenvalue weighted by molar-refractivity contribution is 5.77. The molecule has 1 N–H and O–H groups in total. The molecule has 0 aromatic rings. The summed E-state index contributed by atoms with van der Waals surface area (Å²) in [5.41, 5.74) is 0. The summed E-state index contributed by atoms with van der Waals surface area (Å²) in [6, 6.07) is 0. The first-order valence-corrected chi connectivity index (χ1v) is 4.54. The molecular weight excluding hydrogens is 172 g/mol. The normalized spacial score (nSPS) is 12.2. The first-order valence-electron chi connectivity index (χ1n) is 4.54. The van der Waals surface area contributed by atoms with Crippen LogP contribution in [0.3, 0.4) is 0 Å². The molecule has 0 aliphatic heterocycles. The van der Waals surface area contributed by atoms with Gasteiger partial charge in [-0.25, -0.2) is 4.79 Å². The summed E-state index contributed by atoms with van der Waals surface area (Å²) in [5.74, 6) is -1.52. The molecule has 76 valence electrons. The largest absolute Gasteiger partial charge is 0.479 e. The minimum Gasteiger partial charge on any atom is -0.479 e. The van der Waals surface area contributed by atoms with E-state index in [-0.39, 0.29) is 6.42 Å². The number of carbonyl (C=O) groups excluding carboxylic acids is 1. The monoisotopic (exact) mass is 188 g/mol. The molecule has 0 aliphatic rings. The molecule has 0 spiro atoms. The maximum atomic E-state index is 10.8. The molecule has 0 fully saturated rings. The zero-order chi connectivity index (χ0) is 10.3. The van der Waals surface area contributed by atoms with Crippen molar-refractivity contribution in [3.8, 4) is 0 Å². The fourth-order valence-corrected chi connectivity index (χ4v) is 0.864. The van der Waals surface area contributed by atoms with Crippen LogP contribution >= 0.6 is 0 Å². The number of esters is 1. The van der Waals surface area contributed by atoms with E-state index in [1.54, 1.807) is 6.92 Å². The molecule has 0 aliphatic carbocycles. The summed E-state index contributed by atoms with van der Waals surface area (Å²) in [6.07, 6.45) is 1.31. The van der Waals surface area contributed by atoms with Gasteiger partial charge in [0.25, 0.3) is 0 Å². The number of rotatable bonds is 6. The minimum atomic E-state index is -1.06. The van der Waals surface area contributed by atoms with Gasteiger partial charge in [0.05, 0.1) is 0 Å². The van der Waals surface area contributed by atoms with Gasteiger partial charge >= 0.3 is 11.9 Å². The first kappa shape index (κ1) is 11.9. The summed E-state index contributed by atoms with van der Waals surface area (Å²) in [6.45, 7) is 3.60. The van der Waals surface area contributed by atoms with Crippen LogP contribution in [0.25, 0.3) is 0 Å². The van der Waals surface area contributed by atoms with E-state index in [1.165, 1.54) is 0 Å². The summed E-state index contributed by atoms with van der Waals surface area (Å²) < 4.78 is 4.72. The number of carboxylic acid groups (broad SMARTS) is 1. The maximum Gasteiger partial charge on any atom is 0.345 e. The zero-order valence-electron chi connectivity index (χ0n) is 8.08. The summed E-state index contributed by atoms with van der Waals surface area (Å²) in [4.78, 5) is 21.4. The Bertz CT molecular complexity index is 176. The lowest BCUT2D eigenvalue weighted by atomic mass is 10.1. The highest BCUT2D eigenvalue weighted by Gasteiger charge is 2.20. The second kappa shape index (κ2) is 6.46. The maximum absolute atomic E-state index is 10.8. The van der Waals surface area contributed by atoms with E-state index in [0.29, 0.717) is 6.42 Å². The molecular formula is C9H16O4. The lowest BCUT2D eigenvalue weighted by molar-refractivity contribution is -0.164. The van der Waals surface area contributed by atoms with Gasteiger partial charge in [0.2, 0.25) is 0 Å².